The van der Waals surface area contributed by atoms with Crippen LogP contribution < -0.4 is 4.74 Å². The summed E-state index contributed by atoms with van der Waals surface area (Å²) in [6.07, 6.45) is 1.04. The van der Waals surface area contributed by atoms with E-state index in [1.807, 2.05) is 12.1 Å². The van der Waals surface area contributed by atoms with Crippen molar-refractivity contribution in [3.63, 3.8) is 0 Å². The molecular formula is C13H13ClO. The average Bonchev–Trinajstić information content (AvgIpc) is 2.27. The van der Waals surface area contributed by atoms with Crippen LogP contribution in [-0.2, 0) is 6.42 Å². The fourth-order valence-electron chi connectivity index (χ4n) is 1.67. The summed E-state index contributed by atoms with van der Waals surface area (Å²) >= 11 is 6.07. The first-order chi connectivity index (χ1) is 7.24. The zero-order chi connectivity index (χ0) is 10.8. The van der Waals surface area contributed by atoms with E-state index in [9.17, 15) is 0 Å². The number of hydrogen-bond acceptors (Lipinski definition) is 1. The van der Waals surface area contributed by atoms with Gasteiger partial charge in [-0.2, -0.15) is 0 Å². The molecule has 0 radical (unpaired) electrons. The fraction of sp³-hybridized carbons (Fsp3) is 0.231. The Bertz CT molecular complexity index is 491. The molecule has 0 saturated heterocycles. The Hall–Kier alpha value is -1.21. The molecule has 2 aromatic carbocycles. The van der Waals surface area contributed by atoms with Crippen LogP contribution in [0, 0.1) is 0 Å². The third-order valence-corrected chi connectivity index (χ3v) is 2.88. The molecule has 0 aliphatic carbocycles. The first-order valence-corrected chi connectivity index (χ1v) is 5.38. The number of methoxy groups -OCH3 is 1. The van der Waals surface area contributed by atoms with Crippen molar-refractivity contribution in [3.8, 4) is 5.75 Å². The lowest BCUT2D eigenvalue weighted by atomic mass is 10.1. The van der Waals surface area contributed by atoms with E-state index in [1.54, 1.807) is 7.11 Å². The maximum Gasteiger partial charge on any atom is 0.138 e. The highest BCUT2D eigenvalue weighted by molar-refractivity contribution is 6.32. The molecule has 2 rings (SSSR count). The van der Waals surface area contributed by atoms with Crippen molar-refractivity contribution in [2.24, 2.45) is 0 Å². The van der Waals surface area contributed by atoms with E-state index < -0.39 is 0 Å². The summed E-state index contributed by atoms with van der Waals surface area (Å²) < 4.78 is 5.18. The molecule has 0 aliphatic heterocycles. The van der Waals surface area contributed by atoms with Gasteiger partial charge in [-0.3, -0.25) is 0 Å². The van der Waals surface area contributed by atoms with E-state index in [0.29, 0.717) is 5.02 Å². The molecule has 0 spiro atoms. The Labute approximate surface area is 94.6 Å². The number of rotatable bonds is 2. The molecule has 2 aromatic rings. The van der Waals surface area contributed by atoms with Crippen LogP contribution >= 0.6 is 11.6 Å². The number of aryl methyl sites for hydroxylation is 1. The molecule has 0 fully saturated rings. The van der Waals surface area contributed by atoms with Crippen LogP contribution in [0.25, 0.3) is 10.8 Å². The molecular weight excluding hydrogens is 208 g/mol. The van der Waals surface area contributed by atoms with Gasteiger partial charge in [-0.25, -0.2) is 0 Å². The van der Waals surface area contributed by atoms with Crippen LogP contribution in [0.4, 0.5) is 0 Å². The number of benzene rings is 2. The normalized spacial score (nSPS) is 10.6. The summed E-state index contributed by atoms with van der Waals surface area (Å²) in [6, 6.07) is 10.3. The second kappa shape index (κ2) is 4.11. The van der Waals surface area contributed by atoms with Crippen LogP contribution in [-0.4, -0.2) is 7.11 Å². The van der Waals surface area contributed by atoms with Gasteiger partial charge in [0.2, 0.25) is 0 Å². The fourth-order valence-corrected chi connectivity index (χ4v) is 1.92. The number of hydrogen-bond donors (Lipinski definition) is 0. The zero-order valence-electron chi connectivity index (χ0n) is 8.88. The largest absolute Gasteiger partial charge is 0.495 e. The van der Waals surface area contributed by atoms with Crippen molar-refractivity contribution in [2.45, 2.75) is 13.3 Å². The van der Waals surface area contributed by atoms with Crippen molar-refractivity contribution in [2.75, 3.05) is 7.11 Å². The van der Waals surface area contributed by atoms with Crippen LogP contribution in [0.1, 0.15) is 12.5 Å². The summed E-state index contributed by atoms with van der Waals surface area (Å²) in [5, 5.41) is 2.99. The Morgan fingerprint density at radius 1 is 1.13 bits per heavy atom. The van der Waals surface area contributed by atoms with Crippen molar-refractivity contribution < 1.29 is 4.74 Å². The monoisotopic (exact) mass is 220 g/mol. The molecule has 0 bridgehead atoms. The first kappa shape index (κ1) is 10.3. The van der Waals surface area contributed by atoms with Gasteiger partial charge >= 0.3 is 0 Å². The minimum absolute atomic E-state index is 0.665. The van der Waals surface area contributed by atoms with Gasteiger partial charge in [0.15, 0.2) is 0 Å². The average molecular weight is 221 g/mol. The third kappa shape index (κ3) is 1.93. The van der Waals surface area contributed by atoms with Gasteiger partial charge in [-0.15, -0.1) is 0 Å². The highest BCUT2D eigenvalue weighted by atomic mass is 35.5. The number of ether oxygens (including phenoxy) is 1. The Morgan fingerprint density at radius 3 is 2.60 bits per heavy atom. The van der Waals surface area contributed by atoms with E-state index in [0.717, 1.165) is 17.6 Å². The van der Waals surface area contributed by atoms with Crippen molar-refractivity contribution in [3.05, 3.63) is 40.9 Å². The summed E-state index contributed by atoms with van der Waals surface area (Å²) in [4.78, 5) is 0. The van der Waals surface area contributed by atoms with E-state index in [1.165, 1.54) is 10.9 Å². The number of halogens is 1. The molecule has 0 aromatic heterocycles. The van der Waals surface area contributed by atoms with Gasteiger partial charge in [0.1, 0.15) is 5.75 Å². The van der Waals surface area contributed by atoms with Crippen LogP contribution in [0.2, 0.25) is 5.02 Å². The highest BCUT2D eigenvalue weighted by Gasteiger charge is 2.03. The lowest BCUT2D eigenvalue weighted by Crippen LogP contribution is -1.86. The quantitative estimate of drug-likeness (QED) is 0.742. The van der Waals surface area contributed by atoms with Crippen LogP contribution in [0.3, 0.4) is 0 Å². The SMILES string of the molecule is CCc1ccc2cc(OC)c(Cl)cc2c1. The van der Waals surface area contributed by atoms with Crippen molar-refractivity contribution >= 4 is 22.4 Å². The van der Waals surface area contributed by atoms with Crippen molar-refractivity contribution in [1.29, 1.82) is 0 Å². The van der Waals surface area contributed by atoms with E-state index in [4.69, 9.17) is 16.3 Å². The summed E-state index contributed by atoms with van der Waals surface area (Å²) in [5.74, 6) is 0.730. The van der Waals surface area contributed by atoms with Crippen molar-refractivity contribution in [1.82, 2.24) is 0 Å². The Balaban J connectivity index is 2.65. The maximum absolute atomic E-state index is 6.07. The van der Waals surface area contributed by atoms with Gasteiger partial charge in [-0.1, -0.05) is 36.7 Å². The Morgan fingerprint density at radius 2 is 1.93 bits per heavy atom. The molecule has 15 heavy (non-hydrogen) atoms. The minimum Gasteiger partial charge on any atom is -0.495 e. The number of fused-ring (bicyclic) bond motifs is 1. The van der Waals surface area contributed by atoms with Gasteiger partial charge in [0, 0.05) is 0 Å². The predicted octanol–water partition coefficient (Wildman–Crippen LogP) is 4.06. The molecule has 2 heteroatoms. The van der Waals surface area contributed by atoms with Gasteiger partial charge in [0.25, 0.3) is 0 Å². The lowest BCUT2D eigenvalue weighted by Gasteiger charge is -2.06. The first-order valence-electron chi connectivity index (χ1n) is 5.00. The van der Waals surface area contributed by atoms with Crippen LogP contribution in [0.5, 0.6) is 5.75 Å². The second-order valence-electron chi connectivity index (χ2n) is 3.52. The summed E-state index contributed by atoms with van der Waals surface area (Å²) in [7, 11) is 1.63. The molecule has 78 valence electrons. The zero-order valence-corrected chi connectivity index (χ0v) is 9.64. The van der Waals surface area contributed by atoms with E-state index in [-0.39, 0.29) is 0 Å². The Kier molecular flexibility index (Phi) is 2.83. The highest BCUT2D eigenvalue weighted by Crippen LogP contribution is 2.30. The molecule has 0 N–H and O–H groups in total. The molecule has 1 nitrogen and oxygen atoms in total. The molecule has 0 aliphatic rings. The van der Waals surface area contributed by atoms with Gasteiger partial charge < -0.3 is 4.74 Å². The lowest BCUT2D eigenvalue weighted by molar-refractivity contribution is 0.415. The topological polar surface area (TPSA) is 9.23 Å². The molecule has 0 amide bonds. The summed E-state index contributed by atoms with van der Waals surface area (Å²) in [5.41, 5.74) is 1.32. The third-order valence-electron chi connectivity index (χ3n) is 2.58. The smallest absolute Gasteiger partial charge is 0.138 e. The standard InChI is InChI=1S/C13H13ClO/c1-3-9-4-5-10-8-13(15-2)12(14)7-11(10)6-9/h4-8H,3H2,1-2H3. The van der Waals surface area contributed by atoms with E-state index >= 15 is 0 Å². The maximum atomic E-state index is 6.07. The van der Waals surface area contributed by atoms with E-state index in [2.05, 4.69) is 25.1 Å². The van der Waals surface area contributed by atoms with Gasteiger partial charge in [-0.05, 0) is 34.9 Å². The molecule has 0 atom stereocenters. The molecule has 0 heterocycles. The molecule has 0 unspecified atom stereocenters. The molecule has 0 saturated carbocycles. The van der Waals surface area contributed by atoms with Crippen LogP contribution in [0.15, 0.2) is 30.3 Å². The predicted molar refractivity (Wildman–Crippen MR) is 64.9 cm³/mol. The second-order valence-corrected chi connectivity index (χ2v) is 3.93. The minimum atomic E-state index is 0.665. The summed E-state index contributed by atoms with van der Waals surface area (Å²) in [6.45, 7) is 2.15. The van der Waals surface area contributed by atoms with Gasteiger partial charge in [0.05, 0.1) is 12.1 Å².